The molecule has 2 saturated heterocycles. The molecule has 0 radical (unpaired) electrons. The van der Waals surface area contributed by atoms with Crippen LogP contribution in [0.2, 0.25) is 0 Å². The number of hydrogen-bond donors (Lipinski definition) is 0. The van der Waals surface area contributed by atoms with E-state index >= 15 is 0 Å². The first-order valence-corrected chi connectivity index (χ1v) is 9.32. The van der Waals surface area contributed by atoms with Gasteiger partial charge in [0.1, 0.15) is 0 Å². The summed E-state index contributed by atoms with van der Waals surface area (Å²) in [6.07, 6.45) is 3.24. The van der Waals surface area contributed by atoms with E-state index in [1.807, 2.05) is 6.92 Å². The number of Topliss-reactive ketones (excluding diaryl/α,β-unsaturated/α-hetero) is 1. The van der Waals surface area contributed by atoms with Crippen LogP contribution in [0.25, 0.3) is 0 Å². The fourth-order valence-corrected chi connectivity index (χ4v) is 6.34. The van der Waals surface area contributed by atoms with E-state index in [1.165, 1.54) is 0 Å². The van der Waals surface area contributed by atoms with E-state index in [0.717, 1.165) is 12.0 Å². The van der Waals surface area contributed by atoms with Crippen molar-refractivity contribution in [1.29, 1.82) is 5.26 Å². The minimum absolute atomic E-state index is 0.0272. The van der Waals surface area contributed by atoms with Gasteiger partial charge >= 0.3 is 0 Å². The maximum atomic E-state index is 12.7. The van der Waals surface area contributed by atoms with Gasteiger partial charge in [-0.05, 0) is 50.3 Å². The van der Waals surface area contributed by atoms with Gasteiger partial charge in [0, 0.05) is 11.5 Å². The molecule has 2 aliphatic heterocycles. The molecule has 0 aromatic heterocycles. The van der Waals surface area contributed by atoms with E-state index in [0.29, 0.717) is 36.8 Å². The number of ketones is 1. The first-order valence-electron chi connectivity index (χ1n) is 7.71. The molecule has 1 aromatic rings. The Labute approximate surface area is 131 Å². The molecule has 0 aliphatic carbocycles. The third-order valence-corrected chi connectivity index (χ3v) is 7.79. The van der Waals surface area contributed by atoms with Crippen LogP contribution in [-0.2, 0) is 9.84 Å². The SMILES string of the molecule is Cc1cc(C(=O)C2CC3CCCC(C2)S3(=O)=O)ccc1C#N. The van der Waals surface area contributed by atoms with Crippen molar-refractivity contribution in [2.45, 2.75) is 49.5 Å². The van der Waals surface area contributed by atoms with E-state index in [9.17, 15) is 13.2 Å². The van der Waals surface area contributed by atoms with E-state index in [1.54, 1.807) is 18.2 Å². The van der Waals surface area contributed by atoms with Crippen LogP contribution >= 0.6 is 0 Å². The zero-order chi connectivity index (χ0) is 15.9. The second-order valence-corrected chi connectivity index (χ2v) is 8.95. The number of benzene rings is 1. The molecule has 5 heteroatoms. The van der Waals surface area contributed by atoms with Gasteiger partial charge in [0.05, 0.1) is 22.1 Å². The number of sulfone groups is 1. The van der Waals surface area contributed by atoms with Crippen LogP contribution in [-0.4, -0.2) is 24.7 Å². The van der Waals surface area contributed by atoms with Gasteiger partial charge in [0.25, 0.3) is 0 Å². The lowest BCUT2D eigenvalue weighted by Crippen LogP contribution is -2.45. The van der Waals surface area contributed by atoms with E-state index in [-0.39, 0.29) is 22.2 Å². The van der Waals surface area contributed by atoms with Gasteiger partial charge in [-0.25, -0.2) is 8.42 Å². The third kappa shape index (κ3) is 2.46. The molecule has 0 amide bonds. The highest BCUT2D eigenvalue weighted by atomic mass is 32.2. The zero-order valence-corrected chi connectivity index (χ0v) is 13.4. The highest BCUT2D eigenvalue weighted by Crippen LogP contribution is 2.40. The standard InChI is InChI=1S/C17H19NO3S/c1-11-7-12(5-6-13(11)10-18)17(19)14-8-15-3-2-4-16(9-14)22(15,20)21/h5-7,14-16H,2-4,8-9H2,1H3. The average molecular weight is 317 g/mol. The Hall–Kier alpha value is -1.67. The molecule has 2 atom stereocenters. The summed E-state index contributed by atoms with van der Waals surface area (Å²) < 4.78 is 24.6. The number of hydrogen-bond acceptors (Lipinski definition) is 4. The van der Waals surface area contributed by atoms with E-state index in [4.69, 9.17) is 5.26 Å². The van der Waals surface area contributed by atoms with Crippen LogP contribution in [0.1, 0.15) is 53.6 Å². The summed E-state index contributed by atoms with van der Waals surface area (Å²) in [6.45, 7) is 1.81. The minimum Gasteiger partial charge on any atom is -0.294 e. The van der Waals surface area contributed by atoms with Crippen molar-refractivity contribution >= 4 is 15.6 Å². The summed E-state index contributed by atoms with van der Waals surface area (Å²) in [5.41, 5.74) is 1.95. The molecule has 2 bridgehead atoms. The minimum atomic E-state index is -3.03. The van der Waals surface area contributed by atoms with Crippen LogP contribution in [0.3, 0.4) is 0 Å². The summed E-state index contributed by atoms with van der Waals surface area (Å²) in [4.78, 5) is 12.7. The molecule has 22 heavy (non-hydrogen) atoms. The van der Waals surface area contributed by atoms with Crippen LogP contribution in [0, 0.1) is 24.2 Å². The molecule has 0 spiro atoms. The summed E-state index contributed by atoms with van der Waals surface area (Å²) in [7, 11) is -3.03. The number of aryl methyl sites for hydroxylation is 1. The fraction of sp³-hybridized carbons (Fsp3) is 0.529. The van der Waals surface area contributed by atoms with Crippen molar-refractivity contribution in [3.8, 4) is 6.07 Å². The van der Waals surface area contributed by atoms with Crippen molar-refractivity contribution < 1.29 is 13.2 Å². The van der Waals surface area contributed by atoms with Crippen molar-refractivity contribution in [2.75, 3.05) is 0 Å². The Bertz CT molecular complexity index is 741. The summed E-state index contributed by atoms with van der Waals surface area (Å²) in [6, 6.07) is 7.20. The average Bonchev–Trinajstić information content (AvgIpc) is 2.45. The predicted molar refractivity (Wildman–Crippen MR) is 83.3 cm³/mol. The number of nitriles is 1. The number of fused-ring (bicyclic) bond motifs is 2. The van der Waals surface area contributed by atoms with Gasteiger partial charge in [-0.15, -0.1) is 0 Å². The van der Waals surface area contributed by atoms with Gasteiger partial charge < -0.3 is 0 Å². The Morgan fingerprint density at radius 2 is 1.86 bits per heavy atom. The molecular formula is C17H19NO3S. The second kappa shape index (κ2) is 5.51. The zero-order valence-electron chi connectivity index (χ0n) is 12.6. The normalized spacial score (nSPS) is 29.5. The maximum Gasteiger partial charge on any atom is 0.166 e. The number of carbonyl (C=O) groups excluding carboxylic acids is 1. The van der Waals surface area contributed by atoms with Gasteiger partial charge in [0.2, 0.25) is 0 Å². The maximum absolute atomic E-state index is 12.7. The molecular weight excluding hydrogens is 298 g/mol. The van der Waals surface area contributed by atoms with Crippen molar-refractivity contribution in [1.82, 2.24) is 0 Å². The highest BCUT2D eigenvalue weighted by Gasteiger charge is 2.46. The molecule has 4 nitrogen and oxygen atoms in total. The molecule has 2 heterocycles. The van der Waals surface area contributed by atoms with Crippen LogP contribution < -0.4 is 0 Å². The van der Waals surface area contributed by atoms with Crippen molar-refractivity contribution in [3.63, 3.8) is 0 Å². The number of carbonyl (C=O) groups is 1. The monoisotopic (exact) mass is 317 g/mol. The Morgan fingerprint density at radius 3 is 2.41 bits per heavy atom. The van der Waals surface area contributed by atoms with Crippen LogP contribution in [0.5, 0.6) is 0 Å². The lowest BCUT2D eigenvalue weighted by Gasteiger charge is -2.38. The molecule has 116 valence electrons. The predicted octanol–water partition coefficient (Wildman–Crippen LogP) is 2.80. The molecule has 3 rings (SSSR count). The lowest BCUT2D eigenvalue weighted by molar-refractivity contribution is 0.0894. The molecule has 2 aliphatic rings. The second-order valence-electron chi connectivity index (χ2n) is 6.44. The van der Waals surface area contributed by atoms with Crippen molar-refractivity contribution in [3.05, 3.63) is 34.9 Å². The molecule has 0 N–H and O–H groups in total. The first kappa shape index (κ1) is 15.2. The van der Waals surface area contributed by atoms with Crippen LogP contribution in [0.4, 0.5) is 0 Å². The largest absolute Gasteiger partial charge is 0.294 e. The van der Waals surface area contributed by atoms with Crippen molar-refractivity contribution in [2.24, 2.45) is 5.92 Å². The molecule has 0 saturated carbocycles. The topological polar surface area (TPSA) is 75.0 Å². The molecule has 2 unspecified atom stereocenters. The third-order valence-electron chi connectivity index (χ3n) is 5.08. The quantitative estimate of drug-likeness (QED) is 0.786. The summed E-state index contributed by atoms with van der Waals surface area (Å²) in [5.74, 6) is -0.175. The smallest absolute Gasteiger partial charge is 0.166 e. The van der Waals surface area contributed by atoms with E-state index in [2.05, 4.69) is 6.07 Å². The summed E-state index contributed by atoms with van der Waals surface area (Å²) >= 11 is 0. The lowest BCUT2D eigenvalue weighted by atomic mass is 9.84. The molecule has 1 aromatic carbocycles. The Morgan fingerprint density at radius 1 is 1.23 bits per heavy atom. The fourth-order valence-electron chi connectivity index (χ4n) is 3.80. The van der Waals surface area contributed by atoms with Gasteiger partial charge in [-0.2, -0.15) is 5.26 Å². The van der Waals surface area contributed by atoms with Gasteiger partial charge in [-0.3, -0.25) is 4.79 Å². The highest BCUT2D eigenvalue weighted by molar-refractivity contribution is 7.92. The molecule has 2 fully saturated rings. The Balaban J connectivity index is 1.85. The van der Waals surface area contributed by atoms with Gasteiger partial charge in [0.15, 0.2) is 15.6 Å². The Kier molecular flexibility index (Phi) is 3.82. The first-order chi connectivity index (χ1) is 10.4. The van der Waals surface area contributed by atoms with Crippen LogP contribution in [0.15, 0.2) is 18.2 Å². The van der Waals surface area contributed by atoms with E-state index < -0.39 is 9.84 Å². The summed E-state index contributed by atoms with van der Waals surface area (Å²) in [5, 5.41) is 8.28. The van der Waals surface area contributed by atoms with Gasteiger partial charge in [-0.1, -0.05) is 12.5 Å². The number of rotatable bonds is 2. The number of nitrogens with zero attached hydrogens (tertiary/aromatic N) is 1.